The van der Waals surface area contributed by atoms with E-state index >= 15 is 0 Å². The van der Waals surface area contributed by atoms with Crippen molar-refractivity contribution in [3.05, 3.63) is 71.3 Å². The van der Waals surface area contributed by atoms with Gasteiger partial charge in [-0.15, -0.1) is 0 Å². The molecule has 1 heterocycles. The number of nitrogens with one attached hydrogen (secondary N) is 1. The van der Waals surface area contributed by atoms with Gasteiger partial charge in [0.2, 0.25) is 11.6 Å². The van der Waals surface area contributed by atoms with Gasteiger partial charge in [-0.05, 0) is 6.07 Å². The molecule has 0 aromatic heterocycles. The number of amides is 1. The molecular weight excluding hydrogens is 282 g/mol. The van der Waals surface area contributed by atoms with Crippen LogP contribution in [0.2, 0.25) is 0 Å². The molecule has 0 saturated heterocycles. The van der Waals surface area contributed by atoms with Crippen molar-refractivity contribution >= 4 is 17.5 Å². The fourth-order valence-corrected chi connectivity index (χ4v) is 2.54. The standard InChI is InChI=1S/C17H13NO4/c1-22-17(14(19)11-7-3-2-4-8-11)15(20)12-9-5-6-10-13(12)16(21)18-17/h2-10H,1H3,(H,18,21). The minimum Gasteiger partial charge on any atom is -0.346 e. The summed E-state index contributed by atoms with van der Waals surface area (Å²) in [5, 5.41) is 2.42. The van der Waals surface area contributed by atoms with Gasteiger partial charge in [-0.1, -0.05) is 48.5 Å². The van der Waals surface area contributed by atoms with E-state index in [1.807, 2.05) is 0 Å². The maximum absolute atomic E-state index is 12.8. The summed E-state index contributed by atoms with van der Waals surface area (Å²) in [4.78, 5) is 37.8. The van der Waals surface area contributed by atoms with Gasteiger partial charge in [-0.3, -0.25) is 14.4 Å². The topological polar surface area (TPSA) is 72.5 Å². The number of Topliss-reactive ketones (excluding diaryl/α,β-unsaturated/α-hetero) is 2. The molecule has 0 radical (unpaired) electrons. The fraction of sp³-hybridized carbons (Fsp3) is 0.118. The van der Waals surface area contributed by atoms with E-state index < -0.39 is 23.2 Å². The van der Waals surface area contributed by atoms with Crippen LogP contribution in [0.3, 0.4) is 0 Å². The maximum atomic E-state index is 12.8. The Morgan fingerprint density at radius 3 is 2.18 bits per heavy atom. The highest BCUT2D eigenvalue weighted by Crippen LogP contribution is 2.27. The van der Waals surface area contributed by atoms with Gasteiger partial charge in [0.25, 0.3) is 11.6 Å². The zero-order valence-electron chi connectivity index (χ0n) is 11.8. The van der Waals surface area contributed by atoms with E-state index in [0.717, 1.165) is 0 Å². The highest BCUT2D eigenvalue weighted by Gasteiger charge is 2.52. The lowest BCUT2D eigenvalue weighted by atomic mass is 9.86. The van der Waals surface area contributed by atoms with Gasteiger partial charge in [0.05, 0.1) is 5.56 Å². The third kappa shape index (κ3) is 1.95. The Labute approximate surface area is 126 Å². The Kier molecular flexibility index (Phi) is 3.35. The summed E-state index contributed by atoms with van der Waals surface area (Å²) in [6.07, 6.45) is 0. The van der Waals surface area contributed by atoms with Crippen molar-refractivity contribution in [1.29, 1.82) is 0 Å². The molecule has 22 heavy (non-hydrogen) atoms. The molecule has 5 heteroatoms. The second-order valence-corrected chi connectivity index (χ2v) is 4.91. The molecule has 0 spiro atoms. The van der Waals surface area contributed by atoms with Gasteiger partial charge in [-0.25, -0.2) is 0 Å². The highest BCUT2D eigenvalue weighted by molar-refractivity contribution is 6.28. The Morgan fingerprint density at radius 1 is 0.955 bits per heavy atom. The SMILES string of the molecule is COC1(C(=O)c2ccccc2)NC(=O)c2ccccc2C1=O. The number of hydrogen-bond acceptors (Lipinski definition) is 4. The number of ketones is 2. The molecule has 110 valence electrons. The van der Waals surface area contributed by atoms with Crippen molar-refractivity contribution in [2.24, 2.45) is 0 Å². The minimum absolute atomic E-state index is 0.178. The molecule has 5 nitrogen and oxygen atoms in total. The average molecular weight is 295 g/mol. The predicted molar refractivity (Wildman–Crippen MR) is 78.8 cm³/mol. The van der Waals surface area contributed by atoms with Gasteiger partial charge in [0.1, 0.15) is 0 Å². The Morgan fingerprint density at radius 2 is 1.55 bits per heavy atom. The number of methoxy groups -OCH3 is 1. The van der Waals surface area contributed by atoms with Crippen molar-refractivity contribution in [1.82, 2.24) is 5.32 Å². The zero-order chi connectivity index (χ0) is 15.7. The second kappa shape index (κ2) is 5.20. The molecule has 1 atom stereocenters. The normalized spacial score (nSPS) is 20.2. The summed E-state index contributed by atoms with van der Waals surface area (Å²) in [5.41, 5.74) is -1.32. The first-order valence-corrected chi connectivity index (χ1v) is 6.71. The molecule has 0 aliphatic carbocycles. The lowest BCUT2D eigenvalue weighted by Crippen LogP contribution is -2.64. The van der Waals surface area contributed by atoms with Crippen LogP contribution in [0.15, 0.2) is 54.6 Å². The van der Waals surface area contributed by atoms with E-state index in [1.165, 1.54) is 19.2 Å². The summed E-state index contributed by atoms with van der Waals surface area (Å²) in [6.45, 7) is 0. The first-order chi connectivity index (χ1) is 10.6. The van der Waals surface area contributed by atoms with E-state index in [2.05, 4.69) is 5.32 Å². The van der Waals surface area contributed by atoms with Crippen LogP contribution in [0.4, 0.5) is 0 Å². The third-order valence-electron chi connectivity index (χ3n) is 3.69. The second-order valence-electron chi connectivity index (χ2n) is 4.91. The maximum Gasteiger partial charge on any atom is 0.270 e. The molecule has 1 aliphatic heterocycles. The smallest absolute Gasteiger partial charge is 0.270 e. The number of benzene rings is 2. The van der Waals surface area contributed by atoms with Crippen LogP contribution < -0.4 is 5.32 Å². The van der Waals surface area contributed by atoms with Crippen LogP contribution in [-0.4, -0.2) is 30.3 Å². The van der Waals surface area contributed by atoms with Gasteiger partial charge >= 0.3 is 0 Å². The molecular formula is C17H13NO4. The summed E-state index contributed by atoms with van der Waals surface area (Å²) in [6, 6.07) is 14.6. The summed E-state index contributed by atoms with van der Waals surface area (Å²) < 4.78 is 5.20. The Hall–Kier alpha value is -2.79. The molecule has 1 N–H and O–H groups in total. The monoisotopic (exact) mass is 295 g/mol. The van der Waals surface area contributed by atoms with Crippen LogP contribution in [0.5, 0.6) is 0 Å². The number of carbonyl (C=O) groups excluding carboxylic acids is 3. The van der Waals surface area contributed by atoms with E-state index in [1.54, 1.807) is 42.5 Å². The van der Waals surface area contributed by atoms with Crippen LogP contribution >= 0.6 is 0 Å². The Balaban J connectivity index is 2.14. The summed E-state index contributed by atoms with van der Waals surface area (Å²) in [7, 11) is 1.23. The Bertz CT molecular complexity index is 769. The molecule has 0 fully saturated rings. The molecule has 2 aromatic rings. The summed E-state index contributed by atoms with van der Waals surface area (Å²) in [5.74, 6) is -1.68. The number of fused-ring (bicyclic) bond motifs is 1. The van der Waals surface area contributed by atoms with Crippen molar-refractivity contribution in [3.8, 4) is 0 Å². The van der Waals surface area contributed by atoms with Crippen molar-refractivity contribution < 1.29 is 19.1 Å². The quantitative estimate of drug-likeness (QED) is 0.692. The predicted octanol–water partition coefficient (Wildman–Crippen LogP) is 1.84. The molecule has 3 rings (SSSR count). The third-order valence-corrected chi connectivity index (χ3v) is 3.69. The van der Waals surface area contributed by atoms with Crippen LogP contribution in [-0.2, 0) is 4.74 Å². The van der Waals surface area contributed by atoms with E-state index in [-0.39, 0.29) is 16.7 Å². The molecule has 0 bridgehead atoms. The molecule has 1 unspecified atom stereocenters. The zero-order valence-corrected chi connectivity index (χ0v) is 11.8. The number of ether oxygens (including phenoxy) is 1. The molecule has 1 amide bonds. The van der Waals surface area contributed by atoms with Crippen LogP contribution in [0, 0.1) is 0 Å². The summed E-state index contributed by atoms with van der Waals surface area (Å²) >= 11 is 0. The fourth-order valence-electron chi connectivity index (χ4n) is 2.54. The van der Waals surface area contributed by atoms with Crippen molar-refractivity contribution in [2.75, 3.05) is 7.11 Å². The average Bonchev–Trinajstić information content (AvgIpc) is 2.58. The van der Waals surface area contributed by atoms with Gasteiger partial charge < -0.3 is 10.1 Å². The van der Waals surface area contributed by atoms with E-state index in [4.69, 9.17) is 4.74 Å². The van der Waals surface area contributed by atoms with Gasteiger partial charge in [0.15, 0.2) is 0 Å². The van der Waals surface area contributed by atoms with Crippen molar-refractivity contribution in [2.45, 2.75) is 5.72 Å². The first-order valence-electron chi connectivity index (χ1n) is 6.71. The molecule has 0 saturated carbocycles. The van der Waals surface area contributed by atoms with Gasteiger partial charge in [-0.2, -0.15) is 0 Å². The minimum atomic E-state index is -2.02. The van der Waals surface area contributed by atoms with Crippen LogP contribution in [0.25, 0.3) is 0 Å². The lowest BCUT2D eigenvalue weighted by molar-refractivity contribution is -0.00769. The number of hydrogen-bond donors (Lipinski definition) is 1. The first kappa shape index (κ1) is 14.2. The molecule has 2 aromatic carbocycles. The number of carbonyl (C=O) groups is 3. The lowest BCUT2D eigenvalue weighted by Gasteiger charge is -2.34. The van der Waals surface area contributed by atoms with Crippen LogP contribution in [0.1, 0.15) is 31.1 Å². The largest absolute Gasteiger partial charge is 0.346 e. The van der Waals surface area contributed by atoms with E-state index in [0.29, 0.717) is 0 Å². The highest BCUT2D eigenvalue weighted by atomic mass is 16.5. The number of rotatable bonds is 3. The van der Waals surface area contributed by atoms with Gasteiger partial charge in [0, 0.05) is 18.2 Å². The molecule has 1 aliphatic rings. The van der Waals surface area contributed by atoms with Crippen molar-refractivity contribution in [3.63, 3.8) is 0 Å². The van der Waals surface area contributed by atoms with E-state index in [9.17, 15) is 14.4 Å².